The van der Waals surface area contributed by atoms with E-state index in [-0.39, 0.29) is 5.91 Å². The molecule has 6 heteroatoms. The average Bonchev–Trinajstić information content (AvgIpc) is 3.09. The van der Waals surface area contributed by atoms with Gasteiger partial charge in [-0.1, -0.05) is 53.8 Å². The minimum absolute atomic E-state index is 0.124. The SMILES string of the molecule is C=CCN1C(=O)/C(=C\c2ccc(-c3cccc(Cl)c3)o2)SC1=S. The zero-order chi connectivity index (χ0) is 16.4. The fourth-order valence-electron chi connectivity index (χ4n) is 2.14. The van der Waals surface area contributed by atoms with Crippen LogP contribution in [0.3, 0.4) is 0 Å². The van der Waals surface area contributed by atoms with Crippen LogP contribution in [-0.2, 0) is 4.79 Å². The number of furan rings is 1. The summed E-state index contributed by atoms with van der Waals surface area (Å²) in [7, 11) is 0. The molecule has 1 aromatic carbocycles. The van der Waals surface area contributed by atoms with Gasteiger partial charge in [0.15, 0.2) is 0 Å². The van der Waals surface area contributed by atoms with Gasteiger partial charge in [0.2, 0.25) is 0 Å². The summed E-state index contributed by atoms with van der Waals surface area (Å²) in [6.07, 6.45) is 3.36. The molecule has 0 N–H and O–H groups in total. The second-order valence-corrected chi connectivity index (χ2v) is 6.91. The third-order valence-corrected chi connectivity index (χ3v) is 4.81. The van der Waals surface area contributed by atoms with Crippen molar-refractivity contribution < 1.29 is 9.21 Å². The van der Waals surface area contributed by atoms with Crippen molar-refractivity contribution in [1.29, 1.82) is 0 Å². The van der Waals surface area contributed by atoms with Gasteiger partial charge in [-0.15, -0.1) is 6.58 Å². The maximum atomic E-state index is 12.3. The fraction of sp³-hybridized carbons (Fsp3) is 0.0588. The Morgan fingerprint density at radius 3 is 2.91 bits per heavy atom. The largest absolute Gasteiger partial charge is 0.457 e. The molecule has 116 valence electrons. The van der Waals surface area contributed by atoms with Crippen LogP contribution >= 0.6 is 35.6 Å². The van der Waals surface area contributed by atoms with Crippen LogP contribution in [0.1, 0.15) is 5.76 Å². The summed E-state index contributed by atoms with van der Waals surface area (Å²) >= 11 is 12.5. The lowest BCUT2D eigenvalue weighted by Crippen LogP contribution is -2.27. The summed E-state index contributed by atoms with van der Waals surface area (Å²) in [6.45, 7) is 4.05. The summed E-state index contributed by atoms with van der Waals surface area (Å²) in [6, 6.07) is 11.1. The van der Waals surface area contributed by atoms with Gasteiger partial charge in [0, 0.05) is 23.2 Å². The van der Waals surface area contributed by atoms with Crippen LogP contribution in [-0.4, -0.2) is 21.7 Å². The molecule has 1 amide bonds. The number of amides is 1. The van der Waals surface area contributed by atoms with Gasteiger partial charge < -0.3 is 4.42 Å². The molecule has 1 saturated heterocycles. The molecular formula is C17H12ClNO2S2. The number of carbonyl (C=O) groups is 1. The third kappa shape index (κ3) is 3.42. The second-order valence-electron chi connectivity index (χ2n) is 4.79. The molecule has 0 radical (unpaired) electrons. The summed E-state index contributed by atoms with van der Waals surface area (Å²) in [5.74, 6) is 1.17. The topological polar surface area (TPSA) is 33.5 Å². The summed E-state index contributed by atoms with van der Waals surface area (Å²) in [5.41, 5.74) is 0.886. The molecule has 1 aliphatic rings. The van der Waals surface area contributed by atoms with Crippen molar-refractivity contribution in [2.75, 3.05) is 6.54 Å². The van der Waals surface area contributed by atoms with Crippen LogP contribution in [0.25, 0.3) is 17.4 Å². The molecule has 0 unspecified atom stereocenters. The van der Waals surface area contributed by atoms with E-state index in [4.69, 9.17) is 28.2 Å². The Hall–Kier alpha value is -1.82. The molecule has 2 aromatic rings. The Bertz CT molecular complexity index is 826. The van der Waals surface area contributed by atoms with E-state index < -0.39 is 0 Å². The minimum atomic E-state index is -0.124. The van der Waals surface area contributed by atoms with Crippen molar-refractivity contribution in [1.82, 2.24) is 4.90 Å². The van der Waals surface area contributed by atoms with Crippen LogP contribution in [0.4, 0.5) is 0 Å². The van der Waals surface area contributed by atoms with Crippen molar-refractivity contribution >= 4 is 51.9 Å². The second kappa shape index (κ2) is 6.74. The number of hydrogen-bond donors (Lipinski definition) is 0. The average molecular weight is 362 g/mol. The number of nitrogens with zero attached hydrogens (tertiary/aromatic N) is 1. The first-order chi connectivity index (χ1) is 11.1. The number of hydrogen-bond acceptors (Lipinski definition) is 4. The molecule has 2 heterocycles. The van der Waals surface area contributed by atoms with Gasteiger partial charge in [0.05, 0.1) is 4.91 Å². The normalized spacial score (nSPS) is 16.4. The smallest absolute Gasteiger partial charge is 0.266 e. The molecular weight excluding hydrogens is 350 g/mol. The van der Waals surface area contributed by atoms with E-state index in [1.54, 1.807) is 18.2 Å². The standard InChI is InChI=1S/C17H12ClNO2S2/c1-2-8-19-16(20)15(23-17(19)22)10-13-6-7-14(21-13)11-4-3-5-12(18)9-11/h2-7,9-10H,1,8H2/b15-10+. The molecule has 0 atom stereocenters. The predicted molar refractivity (Wildman–Crippen MR) is 99.2 cm³/mol. The molecule has 1 fully saturated rings. The highest BCUT2D eigenvalue weighted by Gasteiger charge is 2.31. The quantitative estimate of drug-likeness (QED) is 0.436. The van der Waals surface area contributed by atoms with Crippen molar-refractivity contribution in [2.24, 2.45) is 0 Å². The van der Waals surface area contributed by atoms with Gasteiger partial charge >= 0.3 is 0 Å². The van der Waals surface area contributed by atoms with E-state index >= 15 is 0 Å². The number of halogens is 1. The Kier molecular flexibility index (Phi) is 4.71. The first-order valence-corrected chi connectivity index (χ1v) is 8.41. The highest BCUT2D eigenvalue weighted by atomic mass is 35.5. The van der Waals surface area contributed by atoms with Crippen LogP contribution < -0.4 is 0 Å². The Labute approximate surface area is 148 Å². The maximum absolute atomic E-state index is 12.3. The van der Waals surface area contributed by atoms with Gasteiger partial charge in [-0.3, -0.25) is 9.69 Å². The molecule has 3 nitrogen and oxygen atoms in total. The summed E-state index contributed by atoms with van der Waals surface area (Å²) in [5, 5.41) is 0.644. The first-order valence-electron chi connectivity index (χ1n) is 6.80. The van der Waals surface area contributed by atoms with Crippen LogP contribution in [0.2, 0.25) is 5.02 Å². The highest BCUT2D eigenvalue weighted by Crippen LogP contribution is 2.33. The molecule has 0 saturated carbocycles. The number of rotatable bonds is 4. The van der Waals surface area contributed by atoms with Gasteiger partial charge in [0.1, 0.15) is 15.8 Å². The Morgan fingerprint density at radius 2 is 2.17 bits per heavy atom. The monoisotopic (exact) mass is 361 g/mol. The number of thiocarbonyl (C=S) groups is 1. The zero-order valence-electron chi connectivity index (χ0n) is 12.0. The van der Waals surface area contributed by atoms with E-state index in [1.165, 1.54) is 16.7 Å². The van der Waals surface area contributed by atoms with E-state index in [0.717, 1.165) is 5.56 Å². The molecule has 1 aromatic heterocycles. The number of carbonyl (C=O) groups excluding carboxylic acids is 1. The van der Waals surface area contributed by atoms with Crippen molar-refractivity contribution in [3.8, 4) is 11.3 Å². The molecule has 23 heavy (non-hydrogen) atoms. The van der Waals surface area contributed by atoms with E-state index in [2.05, 4.69) is 6.58 Å². The Morgan fingerprint density at radius 1 is 1.35 bits per heavy atom. The number of benzene rings is 1. The summed E-state index contributed by atoms with van der Waals surface area (Å²) in [4.78, 5) is 14.3. The van der Waals surface area contributed by atoms with Gasteiger partial charge in [-0.05, 0) is 24.3 Å². The lowest BCUT2D eigenvalue weighted by molar-refractivity contribution is -0.121. The van der Waals surface area contributed by atoms with E-state index in [1.807, 2.05) is 30.3 Å². The molecule has 1 aliphatic heterocycles. The lowest BCUT2D eigenvalue weighted by atomic mass is 10.2. The molecule has 0 bridgehead atoms. The lowest BCUT2D eigenvalue weighted by Gasteiger charge is -2.10. The highest BCUT2D eigenvalue weighted by molar-refractivity contribution is 8.26. The number of thioether (sulfide) groups is 1. The fourth-order valence-corrected chi connectivity index (χ4v) is 3.59. The predicted octanol–water partition coefficient (Wildman–Crippen LogP) is 4.99. The zero-order valence-corrected chi connectivity index (χ0v) is 14.4. The van der Waals surface area contributed by atoms with Gasteiger partial charge in [-0.2, -0.15) is 0 Å². The molecule has 0 spiro atoms. The summed E-state index contributed by atoms with van der Waals surface area (Å²) < 4.78 is 6.31. The third-order valence-electron chi connectivity index (χ3n) is 3.19. The van der Waals surface area contributed by atoms with E-state index in [0.29, 0.717) is 32.3 Å². The Balaban J connectivity index is 1.85. The van der Waals surface area contributed by atoms with Crippen LogP contribution in [0.15, 0.2) is 58.4 Å². The van der Waals surface area contributed by atoms with Crippen LogP contribution in [0.5, 0.6) is 0 Å². The van der Waals surface area contributed by atoms with Gasteiger partial charge in [-0.25, -0.2) is 0 Å². The van der Waals surface area contributed by atoms with Crippen molar-refractivity contribution in [3.05, 3.63) is 64.7 Å². The minimum Gasteiger partial charge on any atom is -0.457 e. The van der Waals surface area contributed by atoms with Crippen LogP contribution in [0, 0.1) is 0 Å². The molecule has 0 aliphatic carbocycles. The first kappa shape index (κ1) is 16.1. The maximum Gasteiger partial charge on any atom is 0.266 e. The van der Waals surface area contributed by atoms with E-state index in [9.17, 15) is 4.79 Å². The van der Waals surface area contributed by atoms with Crippen molar-refractivity contribution in [3.63, 3.8) is 0 Å². The van der Waals surface area contributed by atoms with Crippen molar-refractivity contribution in [2.45, 2.75) is 0 Å². The molecule has 3 rings (SSSR count). The van der Waals surface area contributed by atoms with Gasteiger partial charge in [0.25, 0.3) is 5.91 Å².